The summed E-state index contributed by atoms with van der Waals surface area (Å²) in [6, 6.07) is 0. The standard InChI is InChI=1S/C14H17NO2/c16-12-6-11(14(17)15-12)13-9-2-7-1-8(4-9)5-10(13)3-7/h6-10,13H,1-5H2,(H,15,16,17). The minimum absolute atomic E-state index is 0.118. The number of nitrogens with one attached hydrogen (secondary N) is 1. The van der Waals surface area contributed by atoms with Gasteiger partial charge in [0.1, 0.15) is 0 Å². The SMILES string of the molecule is O=C1C=C(C2C3CC4CC(C3)CC2C4)C(=O)N1. The number of hydrogen-bond acceptors (Lipinski definition) is 2. The van der Waals surface area contributed by atoms with Gasteiger partial charge in [-0.15, -0.1) is 0 Å². The predicted molar refractivity (Wildman–Crippen MR) is 61.8 cm³/mol. The van der Waals surface area contributed by atoms with E-state index in [4.69, 9.17) is 0 Å². The molecule has 2 amide bonds. The maximum Gasteiger partial charge on any atom is 0.254 e. The lowest BCUT2D eigenvalue weighted by molar-refractivity contribution is -0.124. The van der Waals surface area contributed by atoms with Crippen molar-refractivity contribution in [3.8, 4) is 0 Å². The third kappa shape index (κ3) is 1.34. The Bertz CT molecular complexity index is 410. The second kappa shape index (κ2) is 3.21. The van der Waals surface area contributed by atoms with E-state index in [2.05, 4.69) is 5.32 Å². The molecule has 90 valence electrons. The molecule has 4 bridgehead atoms. The third-order valence-corrected chi connectivity index (χ3v) is 5.37. The van der Waals surface area contributed by atoms with Gasteiger partial charge in [0.15, 0.2) is 0 Å². The lowest BCUT2D eigenvalue weighted by atomic mass is 9.50. The molecule has 5 rings (SSSR count). The molecular formula is C14H17NO2. The minimum atomic E-state index is -0.209. The number of carbonyl (C=O) groups excluding carboxylic acids is 2. The summed E-state index contributed by atoms with van der Waals surface area (Å²) in [6.07, 6.45) is 8.14. The van der Waals surface area contributed by atoms with E-state index in [1.807, 2.05) is 0 Å². The Kier molecular flexibility index (Phi) is 1.86. The van der Waals surface area contributed by atoms with Crippen LogP contribution in [-0.4, -0.2) is 11.8 Å². The Morgan fingerprint density at radius 1 is 0.941 bits per heavy atom. The van der Waals surface area contributed by atoms with Crippen LogP contribution < -0.4 is 5.32 Å². The Morgan fingerprint density at radius 2 is 1.53 bits per heavy atom. The van der Waals surface area contributed by atoms with Crippen molar-refractivity contribution in [3.05, 3.63) is 11.6 Å². The van der Waals surface area contributed by atoms with Crippen molar-refractivity contribution < 1.29 is 9.59 Å². The minimum Gasteiger partial charge on any atom is -0.289 e. The Labute approximate surface area is 101 Å². The molecule has 4 fully saturated rings. The highest BCUT2D eigenvalue weighted by Crippen LogP contribution is 2.58. The third-order valence-electron chi connectivity index (χ3n) is 5.37. The zero-order chi connectivity index (χ0) is 11.6. The fraction of sp³-hybridized carbons (Fsp3) is 0.714. The van der Waals surface area contributed by atoms with Crippen LogP contribution in [0, 0.1) is 29.6 Å². The highest BCUT2D eigenvalue weighted by molar-refractivity contribution is 6.16. The number of rotatable bonds is 1. The molecule has 0 aromatic heterocycles. The molecule has 0 atom stereocenters. The second-order valence-electron chi connectivity index (χ2n) is 6.37. The summed E-state index contributed by atoms with van der Waals surface area (Å²) in [5, 5.41) is 2.41. The van der Waals surface area contributed by atoms with Crippen LogP contribution in [0.3, 0.4) is 0 Å². The number of amides is 2. The van der Waals surface area contributed by atoms with Gasteiger partial charge in [-0.05, 0) is 61.7 Å². The Morgan fingerprint density at radius 3 is 2.00 bits per heavy atom. The molecule has 5 aliphatic rings. The quantitative estimate of drug-likeness (QED) is 0.697. The van der Waals surface area contributed by atoms with Gasteiger partial charge >= 0.3 is 0 Å². The van der Waals surface area contributed by atoms with Gasteiger partial charge in [0.2, 0.25) is 0 Å². The van der Waals surface area contributed by atoms with E-state index < -0.39 is 0 Å². The van der Waals surface area contributed by atoms with Crippen LogP contribution in [0.5, 0.6) is 0 Å². The molecule has 3 nitrogen and oxygen atoms in total. The number of hydrogen-bond donors (Lipinski definition) is 1. The summed E-state index contributed by atoms with van der Waals surface area (Å²) in [5.41, 5.74) is 0.795. The second-order valence-corrected chi connectivity index (χ2v) is 6.37. The Balaban J connectivity index is 1.69. The topological polar surface area (TPSA) is 46.2 Å². The largest absolute Gasteiger partial charge is 0.289 e. The molecule has 4 saturated carbocycles. The van der Waals surface area contributed by atoms with Crippen LogP contribution in [0.4, 0.5) is 0 Å². The van der Waals surface area contributed by atoms with Crippen LogP contribution in [0.15, 0.2) is 11.6 Å². The van der Waals surface area contributed by atoms with Gasteiger partial charge in [-0.25, -0.2) is 0 Å². The van der Waals surface area contributed by atoms with Crippen molar-refractivity contribution >= 4 is 11.8 Å². The van der Waals surface area contributed by atoms with E-state index in [1.165, 1.54) is 32.1 Å². The molecular weight excluding hydrogens is 214 g/mol. The van der Waals surface area contributed by atoms with E-state index in [-0.39, 0.29) is 11.8 Å². The van der Waals surface area contributed by atoms with E-state index in [0.29, 0.717) is 17.8 Å². The average molecular weight is 231 g/mol. The Hall–Kier alpha value is -1.12. The van der Waals surface area contributed by atoms with Crippen molar-refractivity contribution in [2.24, 2.45) is 29.6 Å². The fourth-order valence-corrected chi connectivity index (χ4v) is 5.11. The van der Waals surface area contributed by atoms with Crippen LogP contribution in [0.2, 0.25) is 0 Å². The van der Waals surface area contributed by atoms with Gasteiger partial charge in [-0.1, -0.05) is 0 Å². The maximum atomic E-state index is 11.8. The van der Waals surface area contributed by atoms with Crippen LogP contribution in [-0.2, 0) is 9.59 Å². The lowest BCUT2D eigenvalue weighted by Gasteiger charge is -2.54. The van der Waals surface area contributed by atoms with Gasteiger partial charge < -0.3 is 0 Å². The average Bonchev–Trinajstić information content (AvgIpc) is 2.56. The molecule has 1 heterocycles. The predicted octanol–water partition coefficient (Wildman–Crippen LogP) is 1.64. The van der Waals surface area contributed by atoms with Gasteiger partial charge in [0.25, 0.3) is 11.8 Å². The molecule has 0 spiro atoms. The molecule has 0 unspecified atom stereocenters. The van der Waals surface area contributed by atoms with Crippen molar-refractivity contribution in [2.75, 3.05) is 0 Å². The molecule has 17 heavy (non-hydrogen) atoms. The lowest BCUT2D eigenvalue weighted by Crippen LogP contribution is -2.46. The highest BCUT2D eigenvalue weighted by atomic mass is 16.2. The summed E-state index contributed by atoms with van der Waals surface area (Å²) >= 11 is 0. The first-order chi connectivity index (χ1) is 8.20. The zero-order valence-corrected chi connectivity index (χ0v) is 9.82. The summed E-state index contributed by atoms with van der Waals surface area (Å²) in [6.45, 7) is 0. The first-order valence-corrected chi connectivity index (χ1v) is 6.77. The molecule has 4 aliphatic carbocycles. The normalized spacial score (nSPS) is 47.3. The van der Waals surface area contributed by atoms with Gasteiger partial charge in [-0.3, -0.25) is 14.9 Å². The molecule has 0 saturated heterocycles. The van der Waals surface area contributed by atoms with E-state index >= 15 is 0 Å². The molecule has 1 aliphatic heterocycles. The fourth-order valence-electron chi connectivity index (χ4n) is 5.11. The first-order valence-electron chi connectivity index (χ1n) is 6.77. The monoisotopic (exact) mass is 231 g/mol. The summed E-state index contributed by atoms with van der Waals surface area (Å²) in [4.78, 5) is 23.1. The van der Waals surface area contributed by atoms with Crippen molar-refractivity contribution in [1.82, 2.24) is 5.32 Å². The first kappa shape index (κ1) is 9.86. The van der Waals surface area contributed by atoms with Gasteiger partial charge in [-0.2, -0.15) is 0 Å². The molecule has 3 heteroatoms. The highest BCUT2D eigenvalue weighted by Gasteiger charge is 2.51. The summed E-state index contributed by atoms with van der Waals surface area (Å²) in [5.74, 6) is 3.23. The van der Waals surface area contributed by atoms with Crippen molar-refractivity contribution in [3.63, 3.8) is 0 Å². The number of carbonyl (C=O) groups is 2. The summed E-state index contributed by atoms with van der Waals surface area (Å²) in [7, 11) is 0. The number of imide groups is 1. The van der Waals surface area contributed by atoms with Crippen molar-refractivity contribution in [2.45, 2.75) is 32.1 Å². The van der Waals surface area contributed by atoms with Gasteiger partial charge in [0.05, 0.1) is 0 Å². The van der Waals surface area contributed by atoms with Crippen molar-refractivity contribution in [1.29, 1.82) is 0 Å². The van der Waals surface area contributed by atoms with Crippen LogP contribution >= 0.6 is 0 Å². The molecule has 0 aromatic carbocycles. The van der Waals surface area contributed by atoms with E-state index in [9.17, 15) is 9.59 Å². The van der Waals surface area contributed by atoms with E-state index in [0.717, 1.165) is 17.4 Å². The molecule has 0 radical (unpaired) electrons. The molecule has 0 aromatic rings. The smallest absolute Gasteiger partial charge is 0.254 e. The van der Waals surface area contributed by atoms with Crippen LogP contribution in [0.25, 0.3) is 0 Å². The maximum absolute atomic E-state index is 11.8. The molecule has 1 N–H and O–H groups in total. The zero-order valence-electron chi connectivity index (χ0n) is 9.82. The van der Waals surface area contributed by atoms with E-state index in [1.54, 1.807) is 6.08 Å². The summed E-state index contributed by atoms with van der Waals surface area (Å²) < 4.78 is 0. The van der Waals surface area contributed by atoms with Gasteiger partial charge in [0, 0.05) is 11.6 Å². The van der Waals surface area contributed by atoms with Crippen LogP contribution in [0.1, 0.15) is 32.1 Å².